The molecule has 0 spiro atoms. The Bertz CT molecular complexity index is 584. The maximum absolute atomic E-state index is 11.2. The highest BCUT2D eigenvalue weighted by molar-refractivity contribution is 5.92. The van der Waals surface area contributed by atoms with Crippen LogP contribution in [0.5, 0.6) is 11.5 Å². The van der Waals surface area contributed by atoms with Crippen molar-refractivity contribution >= 4 is 5.97 Å². The van der Waals surface area contributed by atoms with Crippen LogP contribution in [-0.4, -0.2) is 22.7 Å². The molecule has 1 heterocycles. The molecule has 0 aliphatic carbocycles. The lowest BCUT2D eigenvalue weighted by Crippen LogP contribution is -2.06. The fraction of sp³-hybridized carbons (Fsp3) is 0.200. The molecule has 0 atom stereocenters. The fourth-order valence-electron chi connectivity index (χ4n) is 1.73. The van der Waals surface area contributed by atoms with E-state index in [1.807, 2.05) is 19.1 Å². The molecule has 2 aromatic rings. The average Bonchev–Trinajstić information content (AvgIpc) is 2.47. The first-order chi connectivity index (χ1) is 9.72. The van der Waals surface area contributed by atoms with Gasteiger partial charge in [-0.15, -0.1) is 0 Å². The molecule has 0 amide bonds. The number of pyridine rings is 1. The van der Waals surface area contributed by atoms with Crippen LogP contribution in [0.25, 0.3) is 0 Å². The van der Waals surface area contributed by atoms with Crippen molar-refractivity contribution < 1.29 is 19.4 Å². The normalized spacial score (nSPS) is 10.1. The third-order valence-corrected chi connectivity index (χ3v) is 2.60. The second-order valence-corrected chi connectivity index (χ2v) is 3.98. The largest absolute Gasteiger partial charge is 0.490 e. The molecular formula is C15H15NO4. The Morgan fingerprint density at radius 2 is 2.05 bits per heavy atom. The molecule has 0 fully saturated rings. The van der Waals surface area contributed by atoms with Gasteiger partial charge in [-0.2, -0.15) is 0 Å². The van der Waals surface area contributed by atoms with Gasteiger partial charge in [-0.3, -0.25) is 4.98 Å². The molecule has 5 heteroatoms. The van der Waals surface area contributed by atoms with E-state index in [1.54, 1.807) is 24.4 Å². The van der Waals surface area contributed by atoms with E-state index in [0.29, 0.717) is 12.4 Å². The van der Waals surface area contributed by atoms with Crippen LogP contribution in [0.15, 0.2) is 42.6 Å². The molecule has 0 aliphatic heterocycles. The van der Waals surface area contributed by atoms with Crippen molar-refractivity contribution in [3.63, 3.8) is 0 Å². The number of carbonyl (C=O) groups is 1. The smallest absolute Gasteiger partial charge is 0.339 e. The van der Waals surface area contributed by atoms with Crippen LogP contribution in [0.1, 0.15) is 23.0 Å². The Labute approximate surface area is 116 Å². The topological polar surface area (TPSA) is 68.7 Å². The Hall–Kier alpha value is -2.56. The van der Waals surface area contributed by atoms with E-state index in [1.165, 1.54) is 6.07 Å². The molecule has 1 N–H and O–H groups in total. The molecule has 2 rings (SSSR count). The van der Waals surface area contributed by atoms with Gasteiger partial charge in [-0.1, -0.05) is 12.1 Å². The number of ether oxygens (including phenoxy) is 2. The van der Waals surface area contributed by atoms with Crippen molar-refractivity contribution in [1.29, 1.82) is 0 Å². The van der Waals surface area contributed by atoms with Crippen LogP contribution >= 0.6 is 0 Å². The van der Waals surface area contributed by atoms with Crippen molar-refractivity contribution in [2.75, 3.05) is 6.61 Å². The third-order valence-electron chi connectivity index (χ3n) is 2.60. The number of carboxylic acids is 1. The van der Waals surface area contributed by atoms with E-state index < -0.39 is 5.97 Å². The Morgan fingerprint density at radius 1 is 1.20 bits per heavy atom. The lowest BCUT2D eigenvalue weighted by atomic mass is 10.2. The molecule has 20 heavy (non-hydrogen) atoms. The Balaban J connectivity index is 2.26. The zero-order valence-electron chi connectivity index (χ0n) is 11.1. The van der Waals surface area contributed by atoms with Crippen LogP contribution in [-0.2, 0) is 6.61 Å². The van der Waals surface area contributed by atoms with Gasteiger partial charge in [0.05, 0.1) is 12.3 Å². The monoisotopic (exact) mass is 273 g/mol. The van der Waals surface area contributed by atoms with Crippen LogP contribution in [0, 0.1) is 0 Å². The van der Waals surface area contributed by atoms with Gasteiger partial charge in [-0.05, 0) is 31.2 Å². The molecule has 0 bridgehead atoms. The third kappa shape index (κ3) is 3.26. The maximum atomic E-state index is 11.2. The van der Waals surface area contributed by atoms with E-state index in [4.69, 9.17) is 9.47 Å². The number of benzene rings is 1. The van der Waals surface area contributed by atoms with E-state index in [9.17, 15) is 9.90 Å². The van der Waals surface area contributed by atoms with Crippen LogP contribution < -0.4 is 9.47 Å². The van der Waals surface area contributed by atoms with Gasteiger partial charge < -0.3 is 14.6 Å². The van der Waals surface area contributed by atoms with Crippen LogP contribution in [0.3, 0.4) is 0 Å². The van der Waals surface area contributed by atoms with Gasteiger partial charge >= 0.3 is 5.97 Å². The average molecular weight is 273 g/mol. The van der Waals surface area contributed by atoms with Crippen LogP contribution in [0.2, 0.25) is 0 Å². The SMILES string of the molecule is CCOc1cccc(C(=O)O)c1OCc1ccccn1. The number of aromatic carboxylic acids is 1. The molecule has 104 valence electrons. The van der Waals surface area contributed by atoms with Gasteiger partial charge in [-0.25, -0.2) is 4.79 Å². The van der Waals surface area contributed by atoms with E-state index in [-0.39, 0.29) is 17.9 Å². The standard InChI is InChI=1S/C15H15NO4/c1-2-19-13-8-5-7-12(15(17)18)14(13)20-10-11-6-3-4-9-16-11/h3-9H,2,10H2,1H3,(H,17,18). The number of aromatic nitrogens is 1. The molecule has 0 unspecified atom stereocenters. The lowest BCUT2D eigenvalue weighted by molar-refractivity contribution is 0.0690. The highest BCUT2D eigenvalue weighted by Crippen LogP contribution is 2.32. The predicted molar refractivity (Wildman–Crippen MR) is 73.1 cm³/mol. The zero-order valence-corrected chi connectivity index (χ0v) is 11.1. The van der Waals surface area contributed by atoms with Crippen LogP contribution in [0.4, 0.5) is 0 Å². The number of rotatable bonds is 6. The van der Waals surface area contributed by atoms with Gasteiger partial charge in [0.2, 0.25) is 0 Å². The summed E-state index contributed by atoms with van der Waals surface area (Å²) in [6.07, 6.45) is 1.66. The quantitative estimate of drug-likeness (QED) is 0.876. The fourth-order valence-corrected chi connectivity index (χ4v) is 1.73. The minimum atomic E-state index is -1.05. The molecular weight excluding hydrogens is 258 g/mol. The number of hydrogen-bond donors (Lipinski definition) is 1. The van der Waals surface area contributed by atoms with Gasteiger partial charge in [0.1, 0.15) is 12.2 Å². The number of hydrogen-bond acceptors (Lipinski definition) is 4. The summed E-state index contributed by atoms with van der Waals surface area (Å²) in [6.45, 7) is 2.45. The highest BCUT2D eigenvalue weighted by atomic mass is 16.5. The van der Waals surface area contributed by atoms with E-state index >= 15 is 0 Å². The number of carboxylic acid groups (broad SMARTS) is 1. The zero-order chi connectivity index (χ0) is 14.4. The summed E-state index contributed by atoms with van der Waals surface area (Å²) in [7, 11) is 0. The Morgan fingerprint density at radius 3 is 2.70 bits per heavy atom. The number of nitrogens with zero attached hydrogens (tertiary/aromatic N) is 1. The first kappa shape index (κ1) is 13.9. The van der Waals surface area contributed by atoms with E-state index in [0.717, 1.165) is 5.69 Å². The summed E-state index contributed by atoms with van der Waals surface area (Å²) in [4.78, 5) is 15.4. The van der Waals surface area contributed by atoms with Crippen molar-refractivity contribution in [2.24, 2.45) is 0 Å². The summed E-state index contributed by atoms with van der Waals surface area (Å²) in [6, 6.07) is 10.3. The van der Waals surface area contributed by atoms with Crippen molar-refractivity contribution in [3.8, 4) is 11.5 Å². The second-order valence-electron chi connectivity index (χ2n) is 3.98. The molecule has 1 aromatic carbocycles. The summed E-state index contributed by atoms with van der Waals surface area (Å²) in [5, 5.41) is 9.20. The molecule has 0 radical (unpaired) electrons. The summed E-state index contributed by atoms with van der Waals surface area (Å²) >= 11 is 0. The molecule has 1 aromatic heterocycles. The highest BCUT2D eigenvalue weighted by Gasteiger charge is 2.16. The predicted octanol–water partition coefficient (Wildman–Crippen LogP) is 2.76. The van der Waals surface area contributed by atoms with Gasteiger partial charge in [0.25, 0.3) is 0 Å². The minimum absolute atomic E-state index is 0.0758. The summed E-state index contributed by atoms with van der Waals surface area (Å²) in [5.74, 6) is -0.404. The van der Waals surface area contributed by atoms with Crippen molar-refractivity contribution in [2.45, 2.75) is 13.5 Å². The first-order valence-electron chi connectivity index (χ1n) is 6.24. The van der Waals surface area contributed by atoms with Crippen molar-refractivity contribution in [3.05, 3.63) is 53.9 Å². The van der Waals surface area contributed by atoms with Gasteiger partial charge in [0, 0.05) is 6.20 Å². The maximum Gasteiger partial charge on any atom is 0.339 e. The van der Waals surface area contributed by atoms with E-state index in [2.05, 4.69) is 4.98 Å². The molecule has 0 saturated carbocycles. The summed E-state index contributed by atoms with van der Waals surface area (Å²) in [5.41, 5.74) is 0.794. The number of para-hydroxylation sites is 1. The second kappa shape index (κ2) is 6.56. The Kier molecular flexibility index (Phi) is 4.55. The first-order valence-corrected chi connectivity index (χ1v) is 6.24. The lowest BCUT2D eigenvalue weighted by Gasteiger charge is -2.13. The summed E-state index contributed by atoms with van der Waals surface area (Å²) < 4.78 is 11.0. The molecule has 5 nitrogen and oxygen atoms in total. The molecule has 0 aliphatic rings. The van der Waals surface area contributed by atoms with Crippen molar-refractivity contribution in [1.82, 2.24) is 4.98 Å². The molecule has 0 saturated heterocycles. The van der Waals surface area contributed by atoms with Gasteiger partial charge in [0.15, 0.2) is 11.5 Å². The minimum Gasteiger partial charge on any atom is -0.490 e.